The molecular formula is C15H16N4O3. The molecule has 7 nitrogen and oxygen atoms in total. The van der Waals surface area contributed by atoms with Crippen molar-refractivity contribution in [3.63, 3.8) is 0 Å². The maximum Gasteiger partial charge on any atom is 0.233 e. The number of nitrogen functional groups attached to an aromatic ring is 1. The molecule has 2 rings (SSSR count). The van der Waals surface area contributed by atoms with Crippen molar-refractivity contribution in [2.24, 2.45) is 5.16 Å². The molecule has 0 saturated carbocycles. The number of hydrogen-bond acceptors (Lipinski definition) is 7. The summed E-state index contributed by atoms with van der Waals surface area (Å²) >= 11 is 0. The van der Waals surface area contributed by atoms with Crippen LogP contribution in [0.1, 0.15) is 28.4 Å². The van der Waals surface area contributed by atoms with E-state index in [0.717, 1.165) is 5.56 Å². The fourth-order valence-electron chi connectivity index (χ4n) is 1.91. The molecule has 1 aromatic heterocycles. The number of aromatic nitrogens is 2. The Bertz CT molecular complexity index is 729. The van der Waals surface area contributed by atoms with Gasteiger partial charge >= 0.3 is 0 Å². The number of ketones is 1. The van der Waals surface area contributed by atoms with Gasteiger partial charge in [0, 0.05) is 5.56 Å². The molecule has 0 radical (unpaired) electrons. The van der Waals surface area contributed by atoms with Gasteiger partial charge in [-0.25, -0.2) is 9.97 Å². The van der Waals surface area contributed by atoms with Gasteiger partial charge in [0.25, 0.3) is 0 Å². The van der Waals surface area contributed by atoms with Crippen molar-refractivity contribution < 1.29 is 14.4 Å². The SMILES string of the molecule is CO/N=C/c1c(N)ncnc1Oc1ccc(C(C)=O)c(C)c1. The van der Waals surface area contributed by atoms with Gasteiger partial charge in [0.05, 0.1) is 6.21 Å². The average molecular weight is 300 g/mol. The van der Waals surface area contributed by atoms with Gasteiger partial charge in [-0.15, -0.1) is 0 Å². The number of carbonyl (C=O) groups is 1. The summed E-state index contributed by atoms with van der Waals surface area (Å²) in [4.78, 5) is 24.0. The van der Waals surface area contributed by atoms with Crippen LogP contribution in [0.3, 0.4) is 0 Å². The summed E-state index contributed by atoms with van der Waals surface area (Å²) in [5.74, 6) is 1.02. The van der Waals surface area contributed by atoms with Crippen LogP contribution in [0.25, 0.3) is 0 Å². The first-order valence-electron chi connectivity index (χ1n) is 6.49. The van der Waals surface area contributed by atoms with Crippen molar-refractivity contribution in [2.45, 2.75) is 13.8 Å². The molecule has 0 aliphatic carbocycles. The van der Waals surface area contributed by atoms with Crippen LogP contribution in [-0.4, -0.2) is 29.1 Å². The smallest absolute Gasteiger partial charge is 0.233 e. The molecule has 2 N–H and O–H groups in total. The number of carbonyl (C=O) groups excluding carboxylic acids is 1. The van der Waals surface area contributed by atoms with Crippen LogP contribution in [0.4, 0.5) is 5.82 Å². The number of anilines is 1. The van der Waals surface area contributed by atoms with Gasteiger partial charge in [-0.2, -0.15) is 0 Å². The number of nitrogens with zero attached hydrogens (tertiary/aromatic N) is 3. The maximum absolute atomic E-state index is 11.4. The monoisotopic (exact) mass is 300 g/mol. The van der Waals surface area contributed by atoms with Gasteiger partial charge in [-0.05, 0) is 37.6 Å². The van der Waals surface area contributed by atoms with E-state index in [0.29, 0.717) is 16.9 Å². The summed E-state index contributed by atoms with van der Waals surface area (Å²) in [6.45, 7) is 3.36. The number of ether oxygens (including phenoxy) is 1. The average Bonchev–Trinajstić information content (AvgIpc) is 2.46. The highest BCUT2D eigenvalue weighted by Gasteiger charge is 2.11. The number of hydrogen-bond donors (Lipinski definition) is 1. The van der Waals surface area contributed by atoms with E-state index in [4.69, 9.17) is 10.5 Å². The van der Waals surface area contributed by atoms with E-state index in [1.165, 1.54) is 26.6 Å². The quantitative estimate of drug-likeness (QED) is 0.517. The van der Waals surface area contributed by atoms with E-state index < -0.39 is 0 Å². The lowest BCUT2D eigenvalue weighted by Crippen LogP contribution is -2.03. The third kappa shape index (κ3) is 3.38. The fraction of sp³-hybridized carbons (Fsp3) is 0.200. The summed E-state index contributed by atoms with van der Waals surface area (Å²) in [7, 11) is 1.42. The van der Waals surface area contributed by atoms with Gasteiger partial charge in [-0.1, -0.05) is 5.16 Å². The van der Waals surface area contributed by atoms with Crippen molar-refractivity contribution in [1.82, 2.24) is 9.97 Å². The van der Waals surface area contributed by atoms with Crippen LogP contribution in [0.2, 0.25) is 0 Å². The van der Waals surface area contributed by atoms with Crippen LogP contribution in [0, 0.1) is 6.92 Å². The Balaban J connectivity index is 2.35. The molecule has 7 heteroatoms. The number of aryl methyl sites for hydroxylation is 1. The van der Waals surface area contributed by atoms with Gasteiger partial charge < -0.3 is 15.3 Å². The zero-order valence-electron chi connectivity index (χ0n) is 12.5. The number of oxime groups is 1. The number of nitrogens with two attached hydrogens (primary N) is 1. The van der Waals surface area contributed by atoms with Crippen LogP contribution in [0.5, 0.6) is 11.6 Å². The minimum Gasteiger partial charge on any atom is -0.438 e. The van der Waals surface area contributed by atoms with Crippen molar-refractivity contribution >= 4 is 17.8 Å². The molecule has 0 spiro atoms. The van der Waals surface area contributed by atoms with Crippen LogP contribution in [-0.2, 0) is 4.84 Å². The van der Waals surface area contributed by atoms with E-state index in [1.807, 2.05) is 6.92 Å². The van der Waals surface area contributed by atoms with E-state index in [2.05, 4.69) is 20.0 Å². The second-order valence-electron chi connectivity index (χ2n) is 4.53. The third-order valence-electron chi connectivity index (χ3n) is 2.96. The third-order valence-corrected chi connectivity index (χ3v) is 2.96. The Labute approximate surface area is 127 Å². The normalized spacial score (nSPS) is 10.7. The first-order chi connectivity index (χ1) is 10.5. The number of Topliss-reactive ketones (excluding diaryl/α,β-unsaturated/α-hetero) is 1. The Morgan fingerprint density at radius 2 is 2.14 bits per heavy atom. The molecule has 0 atom stereocenters. The number of rotatable bonds is 5. The Morgan fingerprint density at radius 3 is 2.77 bits per heavy atom. The largest absolute Gasteiger partial charge is 0.438 e. The molecular weight excluding hydrogens is 284 g/mol. The molecule has 0 amide bonds. The lowest BCUT2D eigenvalue weighted by Gasteiger charge is -2.10. The molecule has 0 fully saturated rings. The van der Waals surface area contributed by atoms with Gasteiger partial charge in [0.2, 0.25) is 5.88 Å². The highest BCUT2D eigenvalue weighted by Crippen LogP contribution is 2.26. The Hall–Kier alpha value is -2.96. The van der Waals surface area contributed by atoms with Crippen molar-refractivity contribution in [3.8, 4) is 11.6 Å². The summed E-state index contributed by atoms with van der Waals surface area (Å²) in [5.41, 5.74) is 7.67. The van der Waals surface area contributed by atoms with Crippen LogP contribution < -0.4 is 10.5 Å². The van der Waals surface area contributed by atoms with Crippen molar-refractivity contribution in [2.75, 3.05) is 12.8 Å². The van der Waals surface area contributed by atoms with E-state index in [9.17, 15) is 4.79 Å². The lowest BCUT2D eigenvalue weighted by molar-refractivity contribution is 0.101. The predicted molar refractivity (Wildman–Crippen MR) is 82.3 cm³/mol. The molecule has 2 aromatic rings. The molecule has 1 heterocycles. The van der Waals surface area contributed by atoms with Gasteiger partial charge in [-0.3, -0.25) is 4.79 Å². The zero-order valence-corrected chi connectivity index (χ0v) is 12.5. The molecule has 1 aromatic carbocycles. The van der Waals surface area contributed by atoms with E-state index in [1.54, 1.807) is 18.2 Å². The van der Waals surface area contributed by atoms with Gasteiger partial charge in [0.1, 0.15) is 30.6 Å². The highest BCUT2D eigenvalue weighted by atomic mass is 16.6. The predicted octanol–water partition coefficient (Wildman–Crippen LogP) is 2.34. The molecule has 0 unspecified atom stereocenters. The summed E-state index contributed by atoms with van der Waals surface area (Å²) in [6.07, 6.45) is 2.67. The summed E-state index contributed by atoms with van der Waals surface area (Å²) < 4.78 is 5.71. The summed E-state index contributed by atoms with van der Waals surface area (Å²) in [6, 6.07) is 5.16. The van der Waals surface area contributed by atoms with Gasteiger partial charge in [0.15, 0.2) is 5.78 Å². The lowest BCUT2D eigenvalue weighted by atomic mass is 10.1. The molecule has 0 aliphatic rings. The van der Waals surface area contributed by atoms with Crippen molar-refractivity contribution in [3.05, 3.63) is 41.2 Å². The Kier molecular flexibility index (Phi) is 4.67. The standard InChI is InChI=1S/C15H16N4O3/c1-9-6-11(4-5-12(9)10(2)20)22-15-13(7-19-21-3)14(16)17-8-18-15/h4-8H,1-3H3,(H2,16,17,18)/b19-7+. The molecule has 0 saturated heterocycles. The molecule has 0 aliphatic heterocycles. The second kappa shape index (κ2) is 6.66. The first-order valence-corrected chi connectivity index (χ1v) is 6.49. The highest BCUT2D eigenvalue weighted by molar-refractivity contribution is 5.95. The maximum atomic E-state index is 11.4. The minimum atomic E-state index is 0.00301. The van der Waals surface area contributed by atoms with Crippen molar-refractivity contribution in [1.29, 1.82) is 0 Å². The first kappa shape index (κ1) is 15.4. The Morgan fingerprint density at radius 1 is 1.36 bits per heavy atom. The van der Waals surface area contributed by atoms with E-state index >= 15 is 0 Å². The zero-order chi connectivity index (χ0) is 16.1. The van der Waals surface area contributed by atoms with Crippen LogP contribution >= 0.6 is 0 Å². The molecule has 0 bridgehead atoms. The fourth-order valence-corrected chi connectivity index (χ4v) is 1.91. The number of benzene rings is 1. The molecule has 114 valence electrons. The van der Waals surface area contributed by atoms with E-state index in [-0.39, 0.29) is 17.5 Å². The topological polar surface area (TPSA) is 99.7 Å². The van der Waals surface area contributed by atoms with Crippen LogP contribution in [0.15, 0.2) is 29.7 Å². The second-order valence-corrected chi connectivity index (χ2v) is 4.53. The molecule has 22 heavy (non-hydrogen) atoms. The minimum absolute atomic E-state index is 0.00301. The summed E-state index contributed by atoms with van der Waals surface area (Å²) in [5, 5.41) is 3.65.